The van der Waals surface area contributed by atoms with Gasteiger partial charge >= 0.3 is 0 Å². The van der Waals surface area contributed by atoms with Crippen molar-refractivity contribution in [2.75, 3.05) is 6.54 Å². The monoisotopic (exact) mass is 388 g/mol. The van der Waals surface area contributed by atoms with E-state index in [-0.39, 0.29) is 16.9 Å². The molecular formula is C19H21BrN2O2. The number of hydrogen-bond donors (Lipinski definition) is 2. The van der Waals surface area contributed by atoms with Crippen LogP contribution in [0, 0.1) is 0 Å². The molecule has 1 fully saturated rings. The van der Waals surface area contributed by atoms with Crippen LogP contribution in [0.25, 0.3) is 0 Å². The smallest absolute Gasteiger partial charge is 0.247 e. The van der Waals surface area contributed by atoms with E-state index >= 15 is 0 Å². The fourth-order valence-electron chi connectivity index (χ4n) is 3.20. The lowest BCUT2D eigenvalue weighted by atomic mass is 9.64. The molecule has 2 aromatic rings. The Labute approximate surface area is 149 Å². The molecule has 0 radical (unpaired) electrons. The van der Waals surface area contributed by atoms with Gasteiger partial charge in [-0.25, -0.2) is 0 Å². The zero-order valence-electron chi connectivity index (χ0n) is 13.5. The lowest BCUT2D eigenvalue weighted by Gasteiger charge is -2.42. The molecule has 5 heteroatoms. The number of amides is 1. The molecule has 1 heterocycles. The SMILES string of the molecule is O=C(CCc1ccc(=O)[nH]c1)NCC1(c2cccc(Br)c2)CCC1. The topological polar surface area (TPSA) is 62.0 Å². The van der Waals surface area contributed by atoms with Crippen molar-refractivity contribution in [3.05, 3.63) is 68.5 Å². The van der Waals surface area contributed by atoms with Crippen LogP contribution in [0.1, 0.15) is 36.8 Å². The lowest BCUT2D eigenvalue weighted by Crippen LogP contribution is -2.45. The summed E-state index contributed by atoms with van der Waals surface area (Å²) in [6, 6.07) is 11.6. The van der Waals surface area contributed by atoms with E-state index in [1.165, 1.54) is 18.1 Å². The molecule has 0 saturated heterocycles. The van der Waals surface area contributed by atoms with Crippen LogP contribution in [-0.2, 0) is 16.6 Å². The highest BCUT2D eigenvalue weighted by Crippen LogP contribution is 2.43. The Morgan fingerprint density at radius 1 is 1.25 bits per heavy atom. The summed E-state index contributed by atoms with van der Waals surface area (Å²) in [6.07, 6.45) is 6.17. The van der Waals surface area contributed by atoms with Crippen LogP contribution in [-0.4, -0.2) is 17.4 Å². The average Bonchev–Trinajstić information content (AvgIpc) is 2.53. The van der Waals surface area contributed by atoms with Gasteiger partial charge in [-0.05, 0) is 42.5 Å². The number of hydrogen-bond acceptors (Lipinski definition) is 2. The van der Waals surface area contributed by atoms with Crippen LogP contribution in [0.3, 0.4) is 0 Å². The van der Waals surface area contributed by atoms with Gasteiger partial charge in [0.25, 0.3) is 0 Å². The van der Waals surface area contributed by atoms with E-state index in [0.29, 0.717) is 19.4 Å². The summed E-state index contributed by atoms with van der Waals surface area (Å²) in [5.41, 5.74) is 2.22. The quantitative estimate of drug-likeness (QED) is 0.797. The molecule has 0 bridgehead atoms. The molecule has 0 atom stereocenters. The number of halogens is 1. The molecule has 1 aromatic carbocycles. The third kappa shape index (κ3) is 3.96. The van der Waals surface area contributed by atoms with Crippen LogP contribution in [0.4, 0.5) is 0 Å². The van der Waals surface area contributed by atoms with Gasteiger partial charge in [-0.3, -0.25) is 9.59 Å². The molecule has 0 unspecified atom stereocenters. The second kappa shape index (κ2) is 7.34. The van der Waals surface area contributed by atoms with Gasteiger partial charge < -0.3 is 10.3 Å². The Morgan fingerprint density at radius 3 is 2.71 bits per heavy atom. The number of pyridine rings is 1. The highest BCUT2D eigenvalue weighted by Gasteiger charge is 2.38. The molecule has 1 amide bonds. The molecule has 1 aromatic heterocycles. The summed E-state index contributed by atoms with van der Waals surface area (Å²) in [6.45, 7) is 0.688. The standard InChI is InChI=1S/C19H21BrN2O2/c20-16-4-1-3-15(11-16)19(9-2-10-19)13-22-18(24)8-6-14-5-7-17(23)21-12-14/h1,3-5,7,11-12H,2,6,8-10,13H2,(H,21,23)(H,22,24). The van der Waals surface area contributed by atoms with Crippen molar-refractivity contribution < 1.29 is 4.79 Å². The Bertz CT molecular complexity index is 760. The second-order valence-corrected chi connectivity index (χ2v) is 7.40. The van der Waals surface area contributed by atoms with Crippen molar-refractivity contribution in [1.82, 2.24) is 10.3 Å². The first-order chi connectivity index (χ1) is 11.6. The molecule has 4 nitrogen and oxygen atoms in total. The van der Waals surface area contributed by atoms with Crippen LogP contribution in [0.2, 0.25) is 0 Å². The lowest BCUT2D eigenvalue weighted by molar-refractivity contribution is -0.121. The van der Waals surface area contributed by atoms with Crippen molar-refractivity contribution in [2.45, 2.75) is 37.5 Å². The predicted octanol–water partition coefficient (Wildman–Crippen LogP) is 3.31. The second-order valence-electron chi connectivity index (χ2n) is 6.48. The van der Waals surface area contributed by atoms with E-state index < -0.39 is 0 Å². The van der Waals surface area contributed by atoms with Crippen LogP contribution < -0.4 is 10.9 Å². The van der Waals surface area contributed by atoms with Gasteiger partial charge in [-0.15, -0.1) is 0 Å². The molecule has 0 spiro atoms. The van der Waals surface area contributed by atoms with Gasteiger partial charge in [0.15, 0.2) is 0 Å². The Hall–Kier alpha value is -1.88. The fourth-order valence-corrected chi connectivity index (χ4v) is 3.60. The Kier molecular flexibility index (Phi) is 5.19. The molecule has 126 valence electrons. The largest absolute Gasteiger partial charge is 0.355 e. The zero-order chi connectivity index (χ0) is 17.0. The maximum Gasteiger partial charge on any atom is 0.247 e. The van der Waals surface area contributed by atoms with Crippen molar-refractivity contribution in [1.29, 1.82) is 0 Å². The number of aryl methyl sites for hydroxylation is 1. The zero-order valence-corrected chi connectivity index (χ0v) is 15.1. The van der Waals surface area contributed by atoms with Crippen molar-refractivity contribution in [3.63, 3.8) is 0 Å². The molecule has 0 aliphatic heterocycles. The first kappa shape index (κ1) is 17.0. The molecule has 1 aliphatic carbocycles. The van der Waals surface area contributed by atoms with Gasteiger partial charge in [0, 0.05) is 35.1 Å². The highest BCUT2D eigenvalue weighted by atomic mass is 79.9. The maximum atomic E-state index is 12.2. The van der Waals surface area contributed by atoms with Gasteiger partial charge in [0.1, 0.15) is 0 Å². The highest BCUT2D eigenvalue weighted by molar-refractivity contribution is 9.10. The van der Waals surface area contributed by atoms with E-state index in [4.69, 9.17) is 0 Å². The Balaban J connectivity index is 1.54. The minimum atomic E-state index is -0.121. The fraction of sp³-hybridized carbons (Fsp3) is 0.368. The summed E-state index contributed by atoms with van der Waals surface area (Å²) in [7, 11) is 0. The average molecular weight is 389 g/mol. The van der Waals surface area contributed by atoms with Gasteiger partial charge in [-0.1, -0.05) is 40.5 Å². The molecular weight excluding hydrogens is 368 g/mol. The van der Waals surface area contributed by atoms with Gasteiger partial charge in [0.05, 0.1) is 0 Å². The summed E-state index contributed by atoms with van der Waals surface area (Å²) >= 11 is 3.53. The van der Waals surface area contributed by atoms with E-state index in [2.05, 4.69) is 44.4 Å². The maximum absolute atomic E-state index is 12.2. The number of nitrogens with one attached hydrogen (secondary N) is 2. The molecule has 2 N–H and O–H groups in total. The summed E-state index contributed by atoms with van der Waals surface area (Å²) in [5, 5.41) is 3.10. The summed E-state index contributed by atoms with van der Waals surface area (Å²) in [5.74, 6) is 0.0578. The first-order valence-electron chi connectivity index (χ1n) is 8.28. The normalized spacial score (nSPS) is 15.5. The number of carbonyl (C=O) groups is 1. The van der Waals surface area contributed by atoms with E-state index in [9.17, 15) is 9.59 Å². The number of aromatic amines is 1. The number of benzene rings is 1. The summed E-state index contributed by atoms with van der Waals surface area (Å²) in [4.78, 5) is 25.8. The minimum absolute atomic E-state index is 0.0578. The predicted molar refractivity (Wildman–Crippen MR) is 98.1 cm³/mol. The van der Waals surface area contributed by atoms with Gasteiger partial charge in [0.2, 0.25) is 11.5 Å². The minimum Gasteiger partial charge on any atom is -0.355 e. The third-order valence-corrected chi connectivity index (χ3v) is 5.35. The number of aromatic nitrogens is 1. The molecule has 1 aliphatic rings. The first-order valence-corrected chi connectivity index (χ1v) is 9.07. The molecule has 1 saturated carbocycles. The van der Waals surface area contributed by atoms with E-state index in [0.717, 1.165) is 22.9 Å². The third-order valence-electron chi connectivity index (χ3n) is 4.86. The summed E-state index contributed by atoms with van der Waals surface area (Å²) < 4.78 is 1.08. The van der Waals surface area contributed by atoms with Crippen molar-refractivity contribution in [2.24, 2.45) is 0 Å². The van der Waals surface area contributed by atoms with Crippen molar-refractivity contribution in [3.8, 4) is 0 Å². The van der Waals surface area contributed by atoms with E-state index in [1.54, 1.807) is 12.3 Å². The molecule has 3 rings (SSSR count). The Morgan fingerprint density at radius 2 is 2.08 bits per heavy atom. The molecule has 24 heavy (non-hydrogen) atoms. The number of H-pyrrole nitrogens is 1. The van der Waals surface area contributed by atoms with Crippen molar-refractivity contribution >= 4 is 21.8 Å². The van der Waals surface area contributed by atoms with Crippen LogP contribution in [0.15, 0.2) is 51.9 Å². The number of rotatable bonds is 6. The van der Waals surface area contributed by atoms with Crippen LogP contribution in [0.5, 0.6) is 0 Å². The van der Waals surface area contributed by atoms with Gasteiger partial charge in [-0.2, -0.15) is 0 Å². The van der Waals surface area contributed by atoms with E-state index in [1.807, 2.05) is 6.07 Å². The van der Waals surface area contributed by atoms with Crippen LogP contribution >= 0.6 is 15.9 Å². The number of carbonyl (C=O) groups excluding carboxylic acids is 1.